The zero-order valence-corrected chi connectivity index (χ0v) is 9.61. The van der Waals surface area contributed by atoms with Crippen molar-refractivity contribution in [3.8, 4) is 6.07 Å². The standard InChI is InChI=1S/C11H13ClN2/c1-7-5-9(11(2,3)4)14-10(12)8(7)6-13/h5H,1-4H3. The summed E-state index contributed by atoms with van der Waals surface area (Å²) in [5.74, 6) is 0. The fourth-order valence-electron chi connectivity index (χ4n) is 1.15. The SMILES string of the molecule is Cc1cc(C(C)(C)C)nc(Cl)c1C#N. The van der Waals surface area contributed by atoms with Gasteiger partial charge in [-0.2, -0.15) is 5.26 Å². The fraction of sp³-hybridized carbons (Fsp3) is 0.455. The maximum Gasteiger partial charge on any atom is 0.147 e. The second kappa shape index (κ2) is 3.59. The molecular formula is C11H13ClN2. The first-order chi connectivity index (χ1) is 6.36. The number of halogens is 1. The van der Waals surface area contributed by atoms with Gasteiger partial charge in [-0.15, -0.1) is 0 Å². The van der Waals surface area contributed by atoms with Crippen molar-refractivity contribution in [2.24, 2.45) is 0 Å². The highest BCUT2D eigenvalue weighted by Crippen LogP contribution is 2.25. The molecule has 0 saturated heterocycles. The van der Waals surface area contributed by atoms with E-state index in [2.05, 4.69) is 25.8 Å². The molecular weight excluding hydrogens is 196 g/mol. The molecule has 14 heavy (non-hydrogen) atoms. The van der Waals surface area contributed by atoms with E-state index in [1.807, 2.05) is 19.1 Å². The summed E-state index contributed by atoms with van der Waals surface area (Å²) in [6, 6.07) is 3.97. The second-order valence-corrected chi connectivity index (χ2v) is 4.71. The number of rotatable bonds is 0. The van der Waals surface area contributed by atoms with E-state index >= 15 is 0 Å². The van der Waals surface area contributed by atoms with Crippen molar-refractivity contribution in [1.82, 2.24) is 4.98 Å². The first-order valence-electron chi connectivity index (χ1n) is 4.44. The van der Waals surface area contributed by atoms with Crippen LogP contribution in [0.3, 0.4) is 0 Å². The number of aromatic nitrogens is 1. The highest BCUT2D eigenvalue weighted by molar-refractivity contribution is 6.30. The van der Waals surface area contributed by atoms with Crippen LogP contribution in [0.2, 0.25) is 5.15 Å². The first-order valence-corrected chi connectivity index (χ1v) is 4.82. The molecule has 0 fully saturated rings. The van der Waals surface area contributed by atoms with Crippen molar-refractivity contribution >= 4 is 11.6 Å². The third kappa shape index (κ3) is 2.05. The molecule has 0 atom stereocenters. The van der Waals surface area contributed by atoms with Crippen molar-refractivity contribution in [2.75, 3.05) is 0 Å². The quantitative estimate of drug-likeness (QED) is 0.614. The van der Waals surface area contributed by atoms with Gasteiger partial charge in [-0.25, -0.2) is 4.98 Å². The minimum atomic E-state index is -0.0393. The third-order valence-electron chi connectivity index (χ3n) is 2.05. The topological polar surface area (TPSA) is 36.7 Å². The van der Waals surface area contributed by atoms with Gasteiger partial charge in [0.15, 0.2) is 0 Å². The summed E-state index contributed by atoms with van der Waals surface area (Å²) in [7, 11) is 0. The summed E-state index contributed by atoms with van der Waals surface area (Å²) in [6.45, 7) is 8.08. The Balaban J connectivity index is 3.37. The number of nitriles is 1. The number of pyridine rings is 1. The zero-order chi connectivity index (χ0) is 10.9. The van der Waals surface area contributed by atoms with Crippen molar-refractivity contribution in [3.63, 3.8) is 0 Å². The minimum absolute atomic E-state index is 0.0393. The van der Waals surface area contributed by atoms with Crippen LogP contribution in [0.25, 0.3) is 0 Å². The molecule has 0 N–H and O–H groups in total. The van der Waals surface area contributed by atoms with Crippen molar-refractivity contribution in [1.29, 1.82) is 5.26 Å². The number of nitrogens with zero attached hydrogens (tertiary/aromatic N) is 2. The van der Waals surface area contributed by atoms with Crippen LogP contribution < -0.4 is 0 Å². The van der Waals surface area contributed by atoms with Crippen LogP contribution in [0.4, 0.5) is 0 Å². The van der Waals surface area contributed by atoms with Crippen molar-refractivity contribution < 1.29 is 0 Å². The molecule has 0 amide bonds. The molecule has 0 aliphatic rings. The number of aryl methyl sites for hydroxylation is 1. The molecule has 2 nitrogen and oxygen atoms in total. The molecule has 1 aromatic heterocycles. The summed E-state index contributed by atoms with van der Waals surface area (Å²) >= 11 is 5.91. The van der Waals surface area contributed by atoms with Gasteiger partial charge >= 0.3 is 0 Å². The van der Waals surface area contributed by atoms with Gasteiger partial charge in [0.1, 0.15) is 11.2 Å². The van der Waals surface area contributed by atoms with Crippen molar-refractivity contribution in [2.45, 2.75) is 33.1 Å². The van der Waals surface area contributed by atoms with E-state index in [-0.39, 0.29) is 5.41 Å². The molecule has 0 unspecified atom stereocenters. The summed E-state index contributed by atoms with van der Waals surface area (Å²) in [5.41, 5.74) is 2.23. The Morgan fingerprint density at radius 2 is 2.00 bits per heavy atom. The first kappa shape index (κ1) is 11.0. The second-order valence-electron chi connectivity index (χ2n) is 4.35. The minimum Gasteiger partial charge on any atom is -0.239 e. The summed E-state index contributed by atoms with van der Waals surface area (Å²) < 4.78 is 0. The number of hydrogen-bond donors (Lipinski definition) is 0. The molecule has 0 radical (unpaired) electrons. The van der Waals surface area contributed by atoms with E-state index in [1.54, 1.807) is 0 Å². The molecule has 3 heteroatoms. The average molecular weight is 209 g/mol. The lowest BCUT2D eigenvalue weighted by molar-refractivity contribution is 0.568. The Bertz CT molecular complexity index is 374. The van der Waals surface area contributed by atoms with E-state index in [1.165, 1.54) is 0 Å². The van der Waals surface area contributed by atoms with E-state index in [4.69, 9.17) is 16.9 Å². The molecule has 0 aromatic carbocycles. The Morgan fingerprint density at radius 1 is 1.43 bits per heavy atom. The Hall–Kier alpha value is -1.07. The lowest BCUT2D eigenvalue weighted by Crippen LogP contribution is -2.14. The van der Waals surface area contributed by atoms with Gasteiger partial charge < -0.3 is 0 Å². The molecule has 0 spiro atoms. The number of hydrogen-bond acceptors (Lipinski definition) is 2. The predicted molar refractivity (Wildman–Crippen MR) is 57.4 cm³/mol. The lowest BCUT2D eigenvalue weighted by Gasteiger charge is -2.18. The highest BCUT2D eigenvalue weighted by Gasteiger charge is 2.18. The molecule has 0 saturated carbocycles. The highest BCUT2D eigenvalue weighted by atomic mass is 35.5. The Kier molecular flexibility index (Phi) is 2.82. The van der Waals surface area contributed by atoms with Crippen LogP contribution in [0.5, 0.6) is 0 Å². The van der Waals surface area contributed by atoms with E-state index in [0.717, 1.165) is 11.3 Å². The molecule has 0 aliphatic carbocycles. The van der Waals surface area contributed by atoms with E-state index in [9.17, 15) is 0 Å². The average Bonchev–Trinajstić information content (AvgIpc) is 2.01. The fourth-order valence-corrected chi connectivity index (χ4v) is 1.43. The summed E-state index contributed by atoms with van der Waals surface area (Å²) in [6.07, 6.45) is 0. The molecule has 1 rings (SSSR count). The molecule has 1 heterocycles. The third-order valence-corrected chi connectivity index (χ3v) is 2.33. The van der Waals surface area contributed by atoms with Crippen LogP contribution in [-0.2, 0) is 5.41 Å². The zero-order valence-electron chi connectivity index (χ0n) is 8.85. The van der Waals surface area contributed by atoms with Crippen LogP contribution in [-0.4, -0.2) is 4.98 Å². The Morgan fingerprint density at radius 3 is 2.36 bits per heavy atom. The van der Waals surface area contributed by atoms with Gasteiger partial charge in [0.25, 0.3) is 0 Å². The van der Waals surface area contributed by atoms with Gasteiger partial charge in [-0.3, -0.25) is 0 Å². The van der Waals surface area contributed by atoms with Gasteiger partial charge in [0.05, 0.1) is 5.56 Å². The normalized spacial score (nSPS) is 11.1. The maximum atomic E-state index is 8.82. The summed E-state index contributed by atoms with van der Waals surface area (Å²) in [5, 5.41) is 9.12. The Labute approximate surface area is 89.5 Å². The van der Waals surface area contributed by atoms with Crippen LogP contribution >= 0.6 is 11.6 Å². The van der Waals surface area contributed by atoms with E-state index in [0.29, 0.717) is 10.7 Å². The lowest BCUT2D eigenvalue weighted by atomic mass is 9.90. The van der Waals surface area contributed by atoms with Gasteiger partial charge in [-0.1, -0.05) is 32.4 Å². The molecule has 0 aliphatic heterocycles. The van der Waals surface area contributed by atoms with Crippen LogP contribution in [0.15, 0.2) is 6.07 Å². The van der Waals surface area contributed by atoms with Crippen LogP contribution in [0, 0.1) is 18.3 Å². The largest absolute Gasteiger partial charge is 0.239 e. The van der Waals surface area contributed by atoms with Gasteiger partial charge in [0.2, 0.25) is 0 Å². The van der Waals surface area contributed by atoms with E-state index < -0.39 is 0 Å². The van der Waals surface area contributed by atoms with Crippen molar-refractivity contribution in [3.05, 3.63) is 28.0 Å². The smallest absolute Gasteiger partial charge is 0.147 e. The molecule has 74 valence electrons. The summed E-state index contributed by atoms with van der Waals surface area (Å²) in [4.78, 5) is 4.22. The van der Waals surface area contributed by atoms with Gasteiger partial charge in [-0.05, 0) is 18.6 Å². The monoisotopic (exact) mass is 208 g/mol. The maximum absolute atomic E-state index is 8.82. The predicted octanol–water partition coefficient (Wildman–Crippen LogP) is 3.21. The molecule has 1 aromatic rings. The molecule has 0 bridgehead atoms. The van der Waals surface area contributed by atoms with Gasteiger partial charge in [0, 0.05) is 11.1 Å². The van der Waals surface area contributed by atoms with Crippen LogP contribution in [0.1, 0.15) is 37.6 Å².